The molecule has 15 heavy (non-hydrogen) atoms. The second-order valence-corrected chi connectivity index (χ2v) is 2.94. The number of carbonyl (C=O) groups is 1. The van der Waals surface area contributed by atoms with Crippen LogP contribution in [0.1, 0.15) is 27.7 Å². The summed E-state index contributed by atoms with van der Waals surface area (Å²) < 4.78 is 15.6. The summed E-state index contributed by atoms with van der Waals surface area (Å²) >= 11 is 0. The Balaban J connectivity index is 4.83. The average molecular weight is 220 g/mol. The van der Waals surface area contributed by atoms with E-state index < -0.39 is 17.9 Å². The second kappa shape index (κ2) is 6.76. The first-order valence-corrected chi connectivity index (χ1v) is 5.18. The maximum atomic E-state index is 11.2. The highest BCUT2D eigenvalue weighted by molar-refractivity contribution is 5.76. The summed E-state index contributed by atoms with van der Waals surface area (Å²) in [6.45, 7) is 7.78. The largest absolute Gasteiger partial charge is 0.477 e. The van der Waals surface area contributed by atoms with Gasteiger partial charge in [0.1, 0.15) is 6.10 Å². The van der Waals surface area contributed by atoms with E-state index in [9.17, 15) is 4.79 Å². The molecule has 0 radical (unpaired) electrons. The van der Waals surface area contributed by atoms with Gasteiger partial charge in [-0.3, -0.25) is 0 Å². The van der Waals surface area contributed by atoms with E-state index in [1.165, 1.54) is 0 Å². The highest BCUT2D eigenvalue weighted by Gasteiger charge is 2.47. The first-order chi connectivity index (χ1) is 7.05. The van der Waals surface area contributed by atoms with Crippen molar-refractivity contribution in [3.63, 3.8) is 0 Å². The fourth-order valence-electron chi connectivity index (χ4n) is 1.36. The van der Waals surface area contributed by atoms with E-state index in [2.05, 4.69) is 0 Å². The number of hydrogen-bond donors (Lipinski definition) is 1. The summed E-state index contributed by atoms with van der Waals surface area (Å²) in [6.07, 6.45) is -0.653. The normalized spacial score (nSPS) is 13.9. The Morgan fingerprint density at radius 2 is 1.67 bits per heavy atom. The maximum absolute atomic E-state index is 11.2. The molecular formula is C10H20O5. The molecule has 1 atom stereocenters. The van der Waals surface area contributed by atoms with Gasteiger partial charge in [-0.25, -0.2) is 4.79 Å². The van der Waals surface area contributed by atoms with Crippen LogP contribution >= 0.6 is 0 Å². The van der Waals surface area contributed by atoms with Gasteiger partial charge >= 0.3 is 5.97 Å². The van der Waals surface area contributed by atoms with Crippen LogP contribution in [-0.2, 0) is 19.0 Å². The van der Waals surface area contributed by atoms with Crippen molar-refractivity contribution < 1.29 is 24.1 Å². The minimum Gasteiger partial charge on any atom is -0.477 e. The number of carboxylic acids is 1. The second-order valence-electron chi connectivity index (χ2n) is 2.94. The lowest BCUT2D eigenvalue weighted by Crippen LogP contribution is -2.54. The molecule has 0 aliphatic carbocycles. The average Bonchev–Trinajstić information content (AvgIpc) is 2.17. The predicted molar refractivity (Wildman–Crippen MR) is 54.7 cm³/mol. The van der Waals surface area contributed by atoms with Crippen LogP contribution in [0.5, 0.6) is 0 Å². The van der Waals surface area contributed by atoms with Gasteiger partial charge < -0.3 is 19.3 Å². The monoisotopic (exact) mass is 220 g/mol. The summed E-state index contributed by atoms with van der Waals surface area (Å²) in [6, 6.07) is 0. The third-order valence-corrected chi connectivity index (χ3v) is 1.97. The van der Waals surface area contributed by atoms with Crippen molar-refractivity contribution in [1.29, 1.82) is 0 Å². The number of hydrogen-bond acceptors (Lipinski definition) is 4. The van der Waals surface area contributed by atoms with Crippen LogP contribution in [0.4, 0.5) is 0 Å². The zero-order chi connectivity index (χ0) is 11.9. The Morgan fingerprint density at radius 1 is 1.20 bits per heavy atom. The summed E-state index contributed by atoms with van der Waals surface area (Å²) in [4.78, 5) is 11.2. The van der Waals surface area contributed by atoms with Crippen molar-refractivity contribution >= 4 is 5.97 Å². The summed E-state index contributed by atoms with van der Waals surface area (Å²) in [5.74, 6) is -2.85. The lowest BCUT2D eigenvalue weighted by Gasteiger charge is -2.33. The van der Waals surface area contributed by atoms with E-state index in [0.29, 0.717) is 6.61 Å². The van der Waals surface area contributed by atoms with Crippen molar-refractivity contribution in [1.82, 2.24) is 0 Å². The molecule has 0 rings (SSSR count). The van der Waals surface area contributed by atoms with E-state index in [1.54, 1.807) is 27.7 Å². The first-order valence-electron chi connectivity index (χ1n) is 5.18. The quantitative estimate of drug-likeness (QED) is 0.624. The molecule has 0 aromatic carbocycles. The fourth-order valence-corrected chi connectivity index (χ4v) is 1.36. The number of carboxylic acid groups (broad SMARTS) is 1. The molecule has 0 aliphatic heterocycles. The molecule has 0 aromatic heterocycles. The highest BCUT2D eigenvalue weighted by Crippen LogP contribution is 2.21. The number of ether oxygens (including phenoxy) is 3. The Hall–Kier alpha value is -0.650. The third kappa shape index (κ3) is 3.44. The molecule has 0 spiro atoms. The topological polar surface area (TPSA) is 65.0 Å². The van der Waals surface area contributed by atoms with Gasteiger partial charge in [0, 0.05) is 19.8 Å². The van der Waals surface area contributed by atoms with Crippen molar-refractivity contribution in [3.05, 3.63) is 0 Å². The van der Waals surface area contributed by atoms with Gasteiger partial charge in [0.2, 0.25) is 0 Å². The zero-order valence-corrected chi connectivity index (χ0v) is 9.78. The molecule has 1 unspecified atom stereocenters. The molecule has 5 nitrogen and oxygen atoms in total. The molecule has 0 saturated carbocycles. The van der Waals surface area contributed by atoms with Crippen LogP contribution in [-0.4, -0.2) is 42.8 Å². The van der Waals surface area contributed by atoms with Crippen LogP contribution in [0.3, 0.4) is 0 Å². The lowest BCUT2D eigenvalue weighted by molar-refractivity contribution is -0.279. The van der Waals surface area contributed by atoms with Crippen LogP contribution in [0.15, 0.2) is 0 Å². The minimum absolute atomic E-state index is 0.254. The van der Waals surface area contributed by atoms with Gasteiger partial charge in [-0.05, 0) is 27.7 Å². The van der Waals surface area contributed by atoms with Gasteiger partial charge in [0.15, 0.2) is 0 Å². The Labute approximate surface area is 90.3 Å². The van der Waals surface area contributed by atoms with E-state index in [4.69, 9.17) is 19.3 Å². The standard InChI is InChI=1S/C10H20O5/c1-5-13-8(4)10(9(11)12,14-6-2)15-7-3/h8H,5-7H2,1-4H3,(H,11,12). The van der Waals surface area contributed by atoms with Crippen molar-refractivity contribution in [3.8, 4) is 0 Å². The summed E-state index contributed by atoms with van der Waals surface area (Å²) in [7, 11) is 0. The molecule has 0 heterocycles. The van der Waals surface area contributed by atoms with Crippen LogP contribution in [0, 0.1) is 0 Å². The maximum Gasteiger partial charge on any atom is 0.367 e. The molecule has 0 fully saturated rings. The Morgan fingerprint density at radius 3 is 1.93 bits per heavy atom. The van der Waals surface area contributed by atoms with E-state index in [1.807, 2.05) is 0 Å². The Kier molecular flexibility index (Phi) is 6.47. The minimum atomic E-state index is -1.69. The SMILES string of the molecule is CCOC(C)C(OCC)(OCC)C(=O)O. The molecule has 1 N–H and O–H groups in total. The summed E-state index contributed by atoms with van der Waals surface area (Å²) in [5, 5.41) is 9.15. The number of aliphatic carboxylic acids is 1. The molecule has 0 saturated heterocycles. The molecular weight excluding hydrogens is 200 g/mol. The molecule has 0 bridgehead atoms. The third-order valence-electron chi connectivity index (χ3n) is 1.97. The number of rotatable bonds is 8. The zero-order valence-electron chi connectivity index (χ0n) is 9.78. The highest BCUT2D eigenvalue weighted by atomic mass is 16.7. The van der Waals surface area contributed by atoms with Crippen LogP contribution < -0.4 is 0 Å². The van der Waals surface area contributed by atoms with Gasteiger partial charge in [0.25, 0.3) is 5.79 Å². The van der Waals surface area contributed by atoms with Gasteiger partial charge in [0.05, 0.1) is 0 Å². The molecule has 0 amide bonds. The first kappa shape index (κ1) is 14.3. The summed E-state index contributed by atoms with van der Waals surface area (Å²) in [5.41, 5.74) is 0. The van der Waals surface area contributed by atoms with E-state index in [0.717, 1.165) is 0 Å². The molecule has 0 aromatic rings. The van der Waals surface area contributed by atoms with Crippen molar-refractivity contribution in [2.75, 3.05) is 19.8 Å². The van der Waals surface area contributed by atoms with Gasteiger partial charge in [-0.2, -0.15) is 0 Å². The van der Waals surface area contributed by atoms with Crippen LogP contribution in [0.25, 0.3) is 0 Å². The van der Waals surface area contributed by atoms with Gasteiger partial charge in [-0.15, -0.1) is 0 Å². The smallest absolute Gasteiger partial charge is 0.367 e. The molecule has 5 heteroatoms. The van der Waals surface area contributed by atoms with E-state index >= 15 is 0 Å². The molecule has 0 aliphatic rings. The van der Waals surface area contributed by atoms with Crippen molar-refractivity contribution in [2.24, 2.45) is 0 Å². The Bertz CT molecular complexity index is 186. The lowest BCUT2D eigenvalue weighted by atomic mass is 10.1. The van der Waals surface area contributed by atoms with E-state index in [-0.39, 0.29) is 13.2 Å². The van der Waals surface area contributed by atoms with Crippen molar-refractivity contribution in [2.45, 2.75) is 39.6 Å². The van der Waals surface area contributed by atoms with Crippen LogP contribution in [0.2, 0.25) is 0 Å². The predicted octanol–water partition coefficient (Wildman–Crippen LogP) is 1.27. The fraction of sp³-hybridized carbons (Fsp3) is 0.900. The molecule has 90 valence electrons. The van der Waals surface area contributed by atoms with Gasteiger partial charge in [-0.1, -0.05) is 0 Å².